The summed E-state index contributed by atoms with van der Waals surface area (Å²) in [5.41, 5.74) is 13.7. The Morgan fingerprint density at radius 1 is 1.22 bits per heavy atom. The van der Waals surface area contributed by atoms with Crippen molar-refractivity contribution in [2.24, 2.45) is 16.9 Å². The molecule has 6 nitrogen and oxygen atoms in total. The Morgan fingerprint density at radius 3 is 2.48 bits per heavy atom. The minimum atomic E-state index is -0.491. The molecule has 1 aliphatic carbocycles. The number of Topliss-reactive ketones (excluding diaryl/α,β-unsaturated/α-hetero) is 1. The highest BCUT2D eigenvalue weighted by Gasteiger charge is 2.43. The molecule has 144 valence electrons. The smallest absolute Gasteiger partial charge is 0.197 e. The number of benzene rings is 1. The number of nitrogens with two attached hydrogens (primary N) is 2. The van der Waals surface area contributed by atoms with Gasteiger partial charge in [0.25, 0.3) is 0 Å². The van der Waals surface area contributed by atoms with Gasteiger partial charge in [0, 0.05) is 24.3 Å². The fourth-order valence-corrected chi connectivity index (χ4v) is 4.01. The molecular formula is C20H24N2O4S. The van der Waals surface area contributed by atoms with E-state index in [-0.39, 0.29) is 22.1 Å². The van der Waals surface area contributed by atoms with E-state index in [4.69, 9.17) is 37.9 Å². The van der Waals surface area contributed by atoms with Crippen molar-refractivity contribution in [3.8, 4) is 11.5 Å². The van der Waals surface area contributed by atoms with Crippen molar-refractivity contribution >= 4 is 23.0 Å². The van der Waals surface area contributed by atoms with Gasteiger partial charge in [0.05, 0.1) is 19.8 Å². The normalized spacial score (nSPS) is 21.5. The van der Waals surface area contributed by atoms with Crippen LogP contribution in [0.25, 0.3) is 0 Å². The van der Waals surface area contributed by atoms with E-state index in [1.165, 1.54) is 0 Å². The van der Waals surface area contributed by atoms with Gasteiger partial charge in [0.2, 0.25) is 0 Å². The van der Waals surface area contributed by atoms with Gasteiger partial charge in [-0.05, 0) is 23.1 Å². The molecule has 0 bridgehead atoms. The highest BCUT2D eigenvalue weighted by atomic mass is 32.1. The molecule has 0 saturated carbocycles. The van der Waals surface area contributed by atoms with E-state index >= 15 is 0 Å². The number of allylic oxidation sites excluding steroid dienone is 2. The van der Waals surface area contributed by atoms with E-state index in [9.17, 15) is 4.79 Å². The van der Waals surface area contributed by atoms with Gasteiger partial charge in [-0.3, -0.25) is 4.79 Å². The summed E-state index contributed by atoms with van der Waals surface area (Å²) in [7, 11) is 3.13. The number of ketones is 1. The van der Waals surface area contributed by atoms with E-state index in [0.29, 0.717) is 41.2 Å². The van der Waals surface area contributed by atoms with E-state index in [1.807, 2.05) is 26.0 Å². The molecule has 0 aromatic heterocycles. The Morgan fingerprint density at radius 2 is 1.89 bits per heavy atom. The predicted molar refractivity (Wildman–Crippen MR) is 106 cm³/mol. The molecular weight excluding hydrogens is 364 g/mol. The number of ether oxygens (including phenoxy) is 3. The molecule has 2 aliphatic rings. The first-order valence-corrected chi connectivity index (χ1v) is 9.05. The maximum absolute atomic E-state index is 13.0. The van der Waals surface area contributed by atoms with Crippen molar-refractivity contribution in [3.05, 3.63) is 46.6 Å². The topological polar surface area (TPSA) is 96.8 Å². The maximum Gasteiger partial charge on any atom is 0.197 e. The molecule has 27 heavy (non-hydrogen) atoms. The van der Waals surface area contributed by atoms with Gasteiger partial charge in [-0.25, -0.2) is 0 Å². The van der Waals surface area contributed by atoms with Crippen LogP contribution in [0.2, 0.25) is 0 Å². The Kier molecular flexibility index (Phi) is 4.90. The van der Waals surface area contributed by atoms with E-state index in [1.54, 1.807) is 20.3 Å². The van der Waals surface area contributed by atoms with Crippen molar-refractivity contribution < 1.29 is 19.0 Å². The molecule has 7 heteroatoms. The van der Waals surface area contributed by atoms with Gasteiger partial charge in [-0.2, -0.15) is 0 Å². The summed E-state index contributed by atoms with van der Waals surface area (Å²) in [5, 5.41) is 0. The highest BCUT2D eigenvalue weighted by Crippen LogP contribution is 2.48. The lowest BCUT2D eigenvalue weighted by Gasteiger charge is -2.38. The Bertz CT molecular complexity index is 886. The third kappa shape index (κ3) is 3.39. The van der Waals surface area contributed by atoms with Crippen LogP contribution in [0, 0.1) is 5.41 Å². The number of methoxy groups -OCH3 is 2. The summed E-state index contributed by atoms with van der Waals surface area (Å²) in [6.07, 6.45) is 1.03. The van der Waals surface area contributed by atoms with Gasteiger partial charge in [-0.1, -0.05) is 32.1 Å². The molecule has 1 atom stereocenters. The summed E-state index contributed by atoms with van der Waals surface area (Å²) in [4.78, 5) is 13.1. The van der Waals surface area contributed by atoms with Gasteiger partial charge in [-0.15, -0.1) is 0 Å². The number of carbonyl (C=O) groups excluding carboxylic acids is 1. The molecule has 0 unspecified atom stereocenters. The SMILES string of the molecule is COc1ccc([C@@H]2C(C(N)=S)=C(N)OC3=C2C(=O)CC(C)(C)C3)cc1OC. The van der Waals surface area contributed by atoms with Gasteiger partial charge in [0.1, 0.15) is 10.7 Å². The average molecular weight is 388 g/mol. The van der Waals surface area contributed by atoms with Crippen LogP contribution in [-0.4, -0.2) is 25.0 Å². The molecule has 3 rings (SSSR count). The fraction of sp³-hybridized carbons (Fsp3) is 0.400. The van der Waals surface area contributed by atoms with E-state index in [2.05, 4.69) is 0 Å². The van der Waals surface area contributed by atoms with Crippen LogP contribution < -0.4 is 20.9 Å². The van der Waals surface area contributed by atoms with E-state index < -0.39 is 5.92 Å². The summed E-state index contributed by atoms with van der Waals surface area (Å²) in [6, 6.07) is 5.47. The van der Waals surface area contributed by atoms with Crippen molar-refractivity contribution in [2.45, 2.75) is 32.6 Å². The Labute approximate surface area is 164 Å². The fourth-order valence-electron chi connectivity index (χ4n) is 3.79. The summed E-state index contributed by atoms with van der Waals surface area (Å²) < 4.78 is 16.5. The quantitative estimate of drug-likeness (QED) is 0.766. The zero-order chi connectivity index (χ0) is 19.9. The minimum Gasteiger partial charge on any atom is -0.493 e. The van der Waals surface area contributed by atoms with Crippen LogP contribution in [0.15, 0.2) is 41.0 Å². The molecule has 1 aromatic carbocycles. The van der Waals surface area contributed by atoms with E-state index in [0.717, 1.165) is 5.56 Å². The molecule has 0 fully saturated rings. The van der Waals surface area contributed by atoms with Crippen LogP contribution in [0.3, 0.4) is 0 Å². The Hall–Kier alpha value is -2.54. The third-order valence-corrected chi connectivity index (χ3v) is 5.18. The molecule has 1 aliphatic heterocycles. The number of hydrogen-bond acceptors (Lipinski definition) is 6. The average Bonchev–Trinajstić information content (AvgIpc) is 2.58. The number of hydrogen-bond donors (Lipinski definition) is 2. The maximum atomic E-state index is 13.0. The second kappa shape index (κ2) is 6.88. The zero-order valence-corrected chi connectivity index (χ0v) is 16.7. The van der Waals surface area contributed by atoms with Crippen molar-refractivity contribution in [1.29, 1.82) is 0 Å². The molecule has 0 saturated heterocycles. The van der Waals surface area contributed by atoms with Crippen LogP contribution in [0.5, 0.6) is 11.5 Å². The molecule has 1 aromatic rings. The van der Waals surface area contributed by atoms with Gasteiger partial charge >= 0.3 is 0 Å². The molecule has 0 amide bonds. The summed E-state index contributed by atoms with van der Waals surface area (Å²) in [6.45, 7) is 4.07. The van der Waals surface area contributed by atoms with Crippen molar-refractivity contribution in [3.63, 3.8) is 0 Å². The number of thiocarbonyl (C=S) groups is 1. The minimum absolute atomic E-state index is 0.0160. The lowest BCUT2D eigenvalue weighted by atomic mass is 9.70. The lowest BCUT2D eigenvalue weighted by molar-refractivity contribution is -0.119. The first kappa shape index (κ1) is 19.2. The molecule has 1 heterocycles. The first-order valence-electron chi connectivity index (χ1n) is 8.64. The van der Waals surface area contributed by atoms with Crippen LogP contribution in [-0.2, 0) is 9.53 Å². The van der Waals surface area contributed by atoms with Gasteiger partial charge in [0.15, 0.2) is 23.2 Å². The van der Waals surface area contributed by atoms with Crippen molar-refractivity contribution in [2.75, 3.05) is 14.2 Å². The second-order valence-corrected chi connectivity index (χ2v) is 8.01. The number of rotatable bonds is 4. The molecule has 4 N–H and O–H groups in total. The van der Waals surface area contributed by atoms with Gasteiger partial charge < -0.3 is 25.7 Å². The summed E-state index contributed by atoms with van der Waals surface area (Å²) >= 11 is 5.23. The van der Waals surface area contributed by atoms with Crippen LogP contribution in [0.1, 0.15) is 38.2 Å². The molecule has 0 spiro atoms. The van der Waals surface area contributed by atoms with Crippen LogP contribution in [0.4, 0.5) is 0 Å². The lowest BCUT2D eigenvalue weighted by Crippen LogP contribution is -2.36. The van der Waals surface area contributed by atoms with Crippen molar-refractivity contribution in [1.82, 2.24) is 0 Å². The second-order valence-electron chi connectivity index (χ2n) is 7.57. The summed E-state index contributed by atoms with van der Waals surface area (Å²) in [5.74, 6) is 1.40. The number of carbonyl (C=O) groups is 1. The van der Waals surface area contributed by atoms with Crippen LogP contribution >= 0.6 is 12.2 Å². The monoisotopic (exact) mass is 388 g/mol. The first-order chi connectivity index (χ1) is 12.7. The third-order valence-electron chi connectivity index (χ3n) is 4.96. The largest absolute Gasteiger partial charge is 0.493 e. The predicted octanol–water partition coefficient (Wildman–Crippen LogP) is 2.92. The standard InChI is InChI=1S/C20H24N2O4S/c1-20(2)8-11(23)16-14(9-20)26-18(21)17(19(22)27)15(16)10-5-6-12(24-3)13(7-10)25-4/h5-7,15H,8-9,21H2,1-4H3,(H2,22,27)/t15-/m0/s1. The Balaban J connectivity index is 2.21. The zero-order valence-electron chi connectivity index (χ0n) is 15.9. The highest BCUT2D eigenvalue weighted by molar-refractivity contribution is 7.80. The molecule has 0 radical (unpaired) electrons.